The van der Waals surface area contributed by atoms with E-state index in [1.54, 1.807) is 0 Å². The zero-order chi connectivity index (χ0) is 13.9. The molecule has 102 valence electrons. The molecular weight excluding hydrogens is 236 g/mol. The van der Waals surface area contributed by atoms with Crippen LogP contribution in [0, 0.1) is 0 Å². The summed E-state index contributed by atoms with van der Waals surface area (Å²) in [7, 11) is 0. The van der Waals surface area contributed by atoms with Crippen molar-refractivity contribution in [2.75, 3.05) is 17.2 Å². The summed E-state index contributed by atoms with van der Waals surface area (Å²) in [6.07, 6.45) is 1.03. The number of benzene rings is 1. The third-order valence-corrected chi connectivity index (χ3v) is 3.28. The average Bonchev–Trinajstić information content (AvgIpc) is 2.39. The number of rotatable bonds is 5. The van der Waals surface area contributed by atoms with E-state index in [2.05, 4.69) is 47.4 Å². The third kappa shape index (κ3) is 3.13. The predicted octanol–water partition coefficient (Wildman–Crippen LogP) is 3.66. The minimum absolute atomic E-state index is 0.0145. The number of nitrogens with one attached hydrogen (secondary N) is 2. The van der Waals surface area contributed by atoms with Crippen LogP contribution in [-0.4, -0.2) is 22.1 Å². The molecule has 1 heterocycles. The highest BCUT2D eigenvalue weighted by Gasteiger charge is 2.17. The van der Waals surface area contributed by atoms with Crippen LogP contribution in [0.25, 0.3) is 10.9 Å². The second kappa shape index (κ2) is 5.43. The SMILES string of the molecule is CCNc1nc(NC(C)(C)CC)c2ccccc2n1. The van der Waals surface area contributed by atoms with Gasteiger partial charge in [0.25, 0.3) is 0 Å². The molecule has 0 unspecified atom stereocenters. The summed E-state index contributed by atoms with van der Waals surface area (Å²) >= 11 is 0. The number of hydrogen-bond donors (Lipinski definition) is 2. The van der Waals surface area contributed by atoms with Crippen molar-refractivity contribution < 1.29 is 0 Å². The van der Waals surface area contributed by atoms with Gasteiger partial charge in [-0.05, 0) is 39.3 Å². The smallest absolute Gasteiger partial charge is 0.225 e. The summed E-state index contributed by atoms with van der Waals surface area (Å²) in [4.78, 5) is 9.11. The van der Waals surface area contributed by atoms with Gasteiger partial charge in [-0.15, -0.1) is 0 Å². The molecule has 2 aromatic rings. The van der Waals surface area contributed by atoms with Crippen LogP contribution in [-0.2, 0) is 0 Å². The minimum atomic E-state index is 0.0145. The molecule has 1 aromatic carbocycles. The van der Waals surface area contributed by atoms with Gasteiger partial charge in [0.15, 0.2) is 0 Å². The Bertz CT molecular complexity index is 563. The van der Waals surface area contributed by atoms with Gasteiger partial charge in [-0.3, -0.25) is 0 Å². The average molecular weight is 258 g/mol. The van der Waals surface area contributed by atoms with E-state index in [0.717, 1.165) is 29.7 Å². The number of anilines is 2. The normalized spacial score (nSPS) is 11.6. The van der Waals surface area contributed by atoms with Crippen LogP contribution in [0.3, 0.4) is 0 Å². The Morgan fingerprint density at radius 3 is 2.53 bits per heavy atom. The van der Waals surface area contributed by atoms with Crippen LogP contribution in [0.4, 0.5) is 11.8 Å². The summed E-state index contributed by atoms with van der Waals surface area (Å²) in [6, 6.07) is 8.09. The van der Waals surface area contributed by atoms with Gasteiger partial charge in [0, 0.05) is 17.5 Å². The van der Waals surface area contributed by atoms with Gasteiger partial charge in [-0.2, -0.15) is 4.98 Å². The van der Waals surface area contributed by atoms with Crippen LogP contribution in [0.5, 0.6) is 0 Å². The monoisotopic (exact) mass is 258 g/mol. The number of hydrogen-bond acceptors (Lipinski definition) is 4. The van der Waals surface area contributed by atoms with E-state index in [4.69, 9.17) is 0 Å². The molecule has 0 bridgehead atoms. The Morgan fingerprint density at radius 1 is 1.11 bits per heavy atom. The van der Waals surface area contributed by atoms with Gasteiger partial charge in [-0.25, -0.2) is 4.98 Å². The van der Waals surface area contributed by atoms with Crippen molar-refractivity contribution in [3.63, 3.8) is 0 Å². The molecule has 0 saturated carbocycles. The molecule has 19 heavy (non-hydrogen) atoms. The highest BCUT2D eigenvalue weighted by atomic mass is 15.2. The lowest BCUT2D eigenvalue weighted by Gasteiger charge is -2.26. The van der Waals surface area contributed by atoms with Crippen molar-refractivity contribution in [2.24, 2.45) is 0 Å². The van der Waals surface area contributed by atoms with E-state index in [-0.39, 0.29) is 5.54 Å². The topological polar surface area (TPSA) is 49.8 Å². The maximum absolute atomic E-state index is 4.59. The Morgan fingerprint density at radius 2 is 1.84 bits per heavy atom. The van der Waals surface area contributed by atoms with Gasteiger partial charge in [0.2, 0.25) is 5.95 Å². The zero-order valence-electron chi connectivity index (χ0n) is 12.1. The fourth-order valence-electron chi connectivity index (χ4n) is 1.82. The van der Waals surface area contributed by atoms with E-state index >= 15 is 0 Å². The molecule has 0 saturated heterocycles. The summed E-state index contributed by atoms with van der Waals surface area (Å²) in [5.74, 6) is 1.57. The Labute approximate surface area is 114 Å². The first-order chi connectivity index (χ1) is 9.05. The van der Waals surface area contributed by atoms with E-state index < -0.39 is 0 Å². The summed E-state index contributed by atoms with van der Waals surface area (Å²) in [6.45, 7) is 9.38. The second-order valence-electron chi connectivity index (χ2n) is 5.31. The van der Waals surface area contributed by atoms with Crippen LogP contribution >= 0.6 is 0 Å². The van der Waals surface area contributed by atoms with E-state index in [9.17, 15) is 0 Å². The zero-order valence-corrected chi connectivity index (χ0v) is 12.1. The van der Waals surface area contributed by atoms with E-state index in [1.807, 2.05) is 25.1 Å². The second-order valence-corrected chi connectivity index (χ2v) is 5.31. The Kier molecular flexibility index (Phi) is 3.88. The summed E-state index contributed by atoms with van der Waals surface area (Å²) < 4.78 is 0. The molecule has 1 aromatic heterocycles. The minimum Gasteiger partial charge on any atom is -0.365 e. The molecule has 0 aliphatic heterocycles. The molecule has 0 aliphatic rings. The van der Waals surface area contributed by atoms with Crippen molar-refractivity contribution >= 4 is 22.7 Å². The van der Waals surface area contributed by atoms with Crippen LogP contribution in [0.1, 0.15) is 34.1 Å². The van der Waals surface area contributed by atoms with Crippen molar-refractivity contribution in [3.05, 3.63) is 24.3 Å². The first-order valence-electron chi connectivity index (χ1n) is 6.84. The van der Waals surface area contributed by atoms with Crippen LogP contribution in [0.15, 0.2) is 24.3 Å². The van der Waals surface area contributed by atoms with Crippen LogP contribution < -0.4 is 10.6 Å². The molecule has 4 nitrogen and oxygen atoms in total. The van der Waals surface area contributed by atoms with Crippen molar-refractivity contribution in [1.29, 1.82) is 0 Å². The molecule has 0 fully saturated rings. The van der Waals surface area contributed by atoms with Gasteiger partial charge in [0.05, 0.1) is 5.52 Å². The Hall–Kier alpha value is -1.84. The lowest BCUT2D eigenvalue weighted by atomic mass is 10.0. The van der Waals surface area contributed by atoms with Crippen molar-refractivity contribution in [1.82, 2.24) is 9.97 Å². The van der Waals surface area contributed by atoms with Gasteiger partial charge >= 0.3 is 0 Å². The summed E-state index contributed by atoms with van der Waals surface area (Å²) in [5, 5.41) is 7.76. The highest BCUT2D eigenvalue weighted by Crippen LogP contribution is 2.25. The lowest BCUT2D eigenvalue weighted by Crippen LogP contribution is -2.30. The molecule has 0 radical (unpaired) electrons. The molecular formula is C15H22N4. The highest BCUT2D eigenvalue weighted by molar-refractivity contribution is 5.90. The van der Waals surface area contributed by atoms with Gasteiger partial charge < -0.3 is 10.6 Å². The Balaban J connectivity index is 2.50. The number of aromatic nitrogens is 2. The molecule has 0 atom stereocenters. The largest absolute Gasteiger partial charge is 0.365 e. The van der Waals surface area contributed by atoms with Crippen LogP contribution in [0.2, 0.25) is 0 Å². The fraction of sp³-hybridized carbons (Fsp3) is 0.467. The lowest BCUT2D eigenvalue weighted by molar-refractivity contribution is 0.545. The third-order valence-electron chi connectivity index (χ3n) is 3.28. The number of para-hydroxylation sites is 1. The molecule has 4 heteroatoms. The first kappa shape index (κ1) is 13.6. The van der Waals surface area contributed by atoms with E-state index in [1.165, 1.54) is 0 Å². The molecule has 0 aliphatic carbocycles. The number of nitrogens with zero attached hydrogens (tertiary/aromatic N) is 2. The molecule has 2 rings (SSSR count). The molecule has 2 N–H and O–H groups in total. The van der Waals surface area contributed by atoms with Crippen molar-refractivity contribution in [3.8, 4) is 0 Å². The van der Waals surface area contributed by atoms with E-state index in [0.29, 0.717) is 5.95 Å². The quantitative estimate of drug-likeness (QED) is 0.859. The van der Waals surface area contributed by atoms with Gasteiger partial charge in [-0.1, -0.05) is 19.1 Å². The summed E-state index contributed by atoms with van der Waals surface area (Å²) in [5.41, 5.74) is 0.975. The van der Waals surface area contributed by atoms with Crippen molar-refractivity contribution in [2.45, 2.75) is 39.7 Å². The maximum Gasteiger partial charge on any atom is 0.225 e. The fourth-order valence-corrected chi connectivity index (χ4v) is 1.82. The standard InChI is InChI=1S/C15H22N4/c1-5-15(3,4)19-13-11-9-7-8-10-12(11)17-14(18-13)16-6-2/h7-10H,5-6H2,1-4H3,(H2,16,17,18,19). The first-order valence-corrected chi connectivity index (χ1v) is 6.84. The molecule has 0 amide bonds. The number of fused-ring (bicyclic) bond motifs is 1. The molecule has 0 spiro atoms. The van der Waals surface area contributed by atoms with Gasteiger partial charge in [0.1, 0.15) is 5.82 Å². The maximum atomic E-state index is 4.59. The predicted molar refractivity (Wildman–Crippen MR) is 81.7 cm³/mol.